The van der Waals surface area contributed by atoms with Crippen molar-refractivity contribution in [1.29, 1.82) is 0 Å². The molecule has 0 bridgehead atoms. The predicted molar refractivity (Wildman–Crippen MR) is 62.7 cm³/mol. The van der Waals surface area contributed by atoms with Crippen LogP contribution in [0.4, 0.5) is 5.69 Å². The number of anilines is 1. The van der Waals surface area contributed by atoms with Crippen molar-refractivity contribution in [3.05, 3.63) is 29.8 Å². The van der Waals surface area contributed by atoms with E-state index in [1.807, 2.05) is 0 Å². The molecule has 6 heteroatoms. The first kappa shape index (κ1) is 12.7. The molecule has 88 valence electrons. The lowest BCUT2D eigenvalue weighted by molar-refractivity contribution is 0.101. The van der Waals surface area contributed by atoms with Crippen LogP contribution in [0.5, 0.6) is 0 Å². The molecule has 0 aliphatic carbocycles. The largest absolute Gasteiger partial charge is 0.299 e. The molecule has 2 N–H and O–H groups in total. The molecule has 0 radical (unpaired) electrons. The van der Waals surface area contributed by atoms with E-state index in [9.17, 15) is 13.2 Å². The van der Waals surface area contributed by atoms with Crippen LogP contribution < -0.4 is 9.44 Å². The number of hydrogen-bond donors (Lipinski definition) is 2. The average Bonchev–Trinajstić information content (AvgIpc) is 2.17. The number of hydrogen-bond acceptors (Lipinski definition) is 3. The van der Waals surface area contributed by atoms with Gasteiger partial charge in [-0.3, -0.25) is 9.52 Å². The molecule has 0 aliphatic rings. The van der Waals surface area contributed by atoms with Crippen molar-refractivity contribution in [2.45, 2.75) is 13.8 Å². The molecule has 0 saturated carbocycles. The highest BCUT2D eigenvalue weighted by molar-refractivity contribution is 7.90. The van der Waals surface area contributed by atoms with Gasteiger partial charge >= 0.3 is 0 Å². The first-order chi connectivity index (χ1) is 7.46. The zero-order valence-corrected chi connectivity index (χ0v) is 9.97. The van der Waals surface area contributed by atoms with Crippen LogP contribution in [0, 0.1) is 0 Å². The molecule has 0 saturated heterocycles. The van der Waals surface area contributed by atoms with Gasteiger partial charge in [0.05, 0.1) is 5.69 Å². The molecule has 0 amide bonds. The number of carbonyl (C=O) groups excluding carboxylic acids is 1. The average molecular weight is 242 g/mol. The van der Waals surface area contributed by atoms with Crippen LogP contribution in [0.2, 0.25) is 0 Å². The van der Waals surface area contributed by atoms with Crippen molar-refractivity contribution in [2.24, 2.45) is 0 Å². The van der Waals surface area contributed by atoms with Crippen molar-refractivity contribution in [2.75, 3.05) is 11.3 Å². The quantitative estimate of drug-likeness (QED) is 0.761. The number of ketones is 1. The standard InChI is InChI=1S/C10H14N2O3S/c1-3-11-16(14,15)12-10-7-5-4-6-9(10)8(2)13/h4-7,11-12H,3H2,1-2H3. The van der Waals surface area contributed by atoms with E-state index in [2.05, 4.69) is 9.44 Å². The van der Waals surface area contributed by atoms with Crippen molar-refractivity contribution >= 4 is 21.7 Å². The number of Topliss-reactive ketones (excluding diaryl/α,β-unsaturated/α-hetero) is 1. The Morgan fingerprint density at radius 1 is 1.31 bits per heavy atom. The lowest BCUT2D eigenvalue weighted by Gasteiger charge is -2.10. The summed E-state index contributed by atoms with van der Waals surface area (Å²) >= 11 is 0. The fourth-order valence-corrected chi connectivity index (χ4v) is 2.17. The van der Waals surface area contributed by atoms with Gasteiger partial charge < -0.3 is 0 Å². The second kappa shape index (κ2) is 5.09. The van der Waals surface area contributed by atoms with E-state index in [-0.39, 0.29) is 18.0 Å². The Balaban J connectivity index is 3.02. The van der Waals surface area contributed by atoms with Crippen LogP contribution in [-0.4, -0.2) is 20.7 Å². The van der Waals surface area contributed by atoms with E-state index < -0.39 is 10.2 Å². The van der Waals surface area contributed by atoms with Gasteiger partial charge in [-0.2, -0.15) is 13.1 Å². The van der Waals surface area contributed by atoms with Crippen LogP contribution in [0.3, 0.4) is 0 Å². The number of para-hydroxylation sites is 1. The van der Waals surface area contributed by atoms with E-state index in [4.69, 9.17) is 0 Å². The normalized spacial score (nSPS) is 11.1. The molecule has 0 spiro atoms. The summed E-state index contributed by atoms with van der Waals surface area (Å²) < 4.78 is 27.5. The third kappa shape index (κ3) is 3.32. The van der Waals surface area contributed by atoms with E-state index in [1.165, 1.54) is 6.92 Å². The predicted octanol–water partition coefficient (Wildman–Crippen LogP) is 1.16. The second-order valence-electron chi connectivity index (χ2n) is 3.21. The number of nitrogens with one attached hydrogen (secondary N) is 2. The molecule has 0 fully saturated rings. The minimum atomic E-state index is -3.59. The Morgan fingerprint density at radius 3 is 2.50 bits per heavy atom. The van der Waals surface area contributed by atoms with Gasteiger partial charge in [-0.25, -0.2) is 0 Å². The molecule has 1 rings (SSSR count). The zero-order chi connectivity index (χ0) is 12.2. The fraction of sp³-hybridized carbons (Fsp3) is 0.300. The molecule has 5 nitrogen and oxygen atoms in total. The van der Waals surface area contributed by atoms with Gasteiger partial charge in [0.25, 0.3) is 10.2 Å². The smallest absolute Gasteiger partial charge is 0.294 e. The van der Waals surface area contributed by atoms with Crippen LogP contribution in [0.25, 0.3) is 0 Å². The minimum Gasteiger partial charge on any atom is -0.294 e. The Hall–Kier alpha value is -1.40. The van der Waals surface area contributed by atoms with Gasteiger partial charge in [0.1, 0.15) is 0 Å². The molecule has 0 heterocycles. The summed E-state index contributed by atoms with van der Waals surface area (Å²) in [6.07, 6.45) is 0. The third-order valence-electron chi connectivity index (χ3n) is 1.89. The van der Waals surface area contributed by atoms with Crippen LogP contribution >= 0.6 is 0 Å². The molecule has 0 aromatic heterocycles. The first-order valence-electron chi connectivity index (χ1n) is 4.83. The van der Waals surface area contributed by atoms with Crippen molar-refractivity contribution in [3.63, 3.8) is 0 Å². The monoisotopic (exact) mass is 242 g/mol. The Labute approximate surface area is 95.0 Å². The van der Waals surface area contributed by atoms with Crippen molar-refractivity contribution < 1.29 is 13.2 Å². The molecule has 1 aromatic carbocycles. The Kier molecular flexibility index (Phi) is 4.03. The fourth-order valence-electron chi connectivity index (χ4n) is 1.25. The number of rotatable bonds is 5. The van der Waals surface area contributed by atoms with E-state index in [0.29, 0.717) is 5.56 Å². The van der Waals surface area contributed by atoms with E-state index >= 15 is 0 Å². The summed E-state index contributed by atoms with van der Waals surface area (Å²) in [5.41, 5.74) is 0.639. The molecular weight excluding hydrogens is 228 g/mol. The van der Waals surface area contributed by atoms with Crippen molar-refractivity contribution in [1.82, 2.24) is 4.72 Å². The molecule has 0 atom stereocenters. The van der Waals surface area contributed by atoms with Gasteiger partial charge in [0.2, 0.25) is 0 Å². The number of benzene rings is 1. The van der Waals surface area contributed by atoms with E-state index in [0.717, 1.165) is 0 Å². The Bertz CT molecular complexity index is 483. The summed E-state index contributed by atoms with van der Waals surface area (Å²) in [7, 11) is -3.59. The molecular formula is C10H14N2O3S. The highest BCUT2D eigenvalue weighted by atomic mass is 32.2. The summed E-state index contributed by atoms with van der Waals surface area (Å²) in [6.45, 7) is 3.36. The van der Waals surface area contributed by atoms with Gasteiger partial charge in [0.15, 0.2) is 5.78 Å². The summed E-state index contributed by atoms with van der Waals surface area (Å²) in [5.74, 6) is -0.185. The first-order valence-corrected chi connectivity index (χ1v) is 6.32. The Morgan fingerprint density at radius 2 is 1.94 bits per heavy atom. The maximum atomic E-state index is 11.4. The van der Waals surface area contributed by atoms with Crippen LogP contribution in [0.15, 0.2) is 24.3 Å². The minimum absolute atomic E-state index is 0.185. The van der Waals surface area contributed by atoms with E-state index in [1.54, 1.807) is 31.2 Å². The number of carbonyl (C=O) groups is 1. The molecule has 16 heavy (non-hydrogen) atoms. The molecule has 0 unspecified atom stereocenters. The van der Waals surface area contributed by atoms with Gasteiger partial charge in [-0.05, 0) is 19.1 Å². The zero-order valence-electron chi connectivity index (χ0n) is 9.15. The SMILES string of the molecule is CCNS(=O)(=O)Nc1ccccc1C(C)=O. The van der Waals surface area contributed by atoms with Gasteiger partial charge in [0, 0.05) is 12.1 Å². The topological polar surface area (TPSA) is 75.3 Å². The highest BCUT2D eigenvalue weighted by Gasteiger charge is 2.12. The molecule has 1 aromatic rings. The maximum Gasteiger partial charge on any atom is 0.299 e. The summed E-state index contributed by atoms with van der Waals surface area (Å²) in [5, 5.41) is 0. The summed E-state index contributed by atoms with van der Waals surface area (Å²) in [6, 6.07) is 6.47. The van der Waals surface area contributed by atoms with Crippen molar-refractivity contribution in [3.8, 4) is 0 Å². The van der Waals surface area contributed by atoms with Crippen LogP contribution in [-0.2, 0) is 10.2 Å². The lowest BCUT2D eigenvalue weighted by atomic mass is 10.1. The maximum absolute atomic E-state index is 11.4. The van der Waals surface area contributed by atoms with Crippen LogP contribution in [0.1, 0.15) is 24.2 Å². The third-order valence-corrected chi connectivity index (χ3v) is 3.04. The lowest BCUT2D eigenvalue weighted by Crippen LogP contribution is -2.30. The molecule has 0 aliphatic heterocycles. The van der Waals surface area contributed by atoms with Gasteiger partial charge in [-0.15, -0.1) is 0 Å². The highest BCUT2D eigenvalue weighted by Crippen LogP contribution is 2.16. The second-order valence-corrected chi connectivity index (χ2v) is 4.70. The summed E-state index contributed by atoms with van der Waals surface area (Å²) in [4.78, 5) is 11.3. The van der Waals surface area contributed by atoms with Gasteiger partial charge in [-0.1, -0.05) is 19.1 Å².